The van der Waals surface area contributed by atoms with Crippen molar-refractivity contribution >= 4 is 0 Å². The molecule has 4 nitrogen and oxygen atoms in total. The second-order valence-corrected chi connectivity index (χ2v) is 7.22. The van der Waals surface area contributed by atoms with E-state index in [1.54, 1.807) is 0 Å². The van der Waals surface area contributed by atoms with E-state index in [0.29, 0.717) is 18.4 Å². The lowest BCUT2D eigenvalue weighted by atomic mass is 9.97. The molecule has 1 unspecified atom stereocenters. The molecule has 0 aromatic heterocycles. The topological polar surface area (TPSA) is 44.7 Å². The molecule has 1 atom stereocenters. The summed E-state index contributed by atoms with van der Waals surface area (Å²) >= 11 is 0. The van der Waals surface area contributed by atoms with Gasteiger partial charge in [0, 0.05) is 32.7 Å². The molecule has 1 saturated heterocycles. The molecule has 0 bridgehead atoms. The molecule has 1 aliphatic rings. The molecular formula is C19H32N2O2. The number of nitrogens with zero attached hydrogens (tertiary/aromatic N) is 1. The highest BCUT2D eigenvalue weighted by Gasteiger charge is 2.18. The van der Waals surface area contributed by atoms with Gasteiger partial charge in [-0.3, -0.25) is 4.90 Å². The van der Waals surface area contributed by atoms with Crippen LogP contribution in [0, 0.1) is 5.92 Å². The van der Waals surface area contributed by atoms with Crippen LogP contribution < -0.4 is 10.1 Å². The van der Waals surface area contributed by atoms with Gasteiger partial charge in [0.1, 0.15) is 5.75 Å². The molecule has 23 heavy (non-hydrogen) atoms. The average Bonchev–Trinajstić information content (AvgIpc) is 2.53. The molecule has 0 aliphatic carbocycles. The highest BCUT2D eigenvalue weighted by molar-refractivity contribution is 5.40. The Morgan fingerprint density at radius 3 is 2.48 bits per heavy atom. The average molecular weight is 320 g/mol. The Morgan fingerprint density at radius 1 is 1.17 bits per heavy atom. The molecule has 1 heterocycles. The van der Waals surface area contributed by atoms with Crippen molar-refractivity contribution in [3.8, 4) is 5.75 Å². The van der Waals surface area contributed by atoms with Crippen LogP contribution in [0.15, 0.2) is 18.2 Å². The van der Waals surface area contributed by atoms with Crippen molar-refractivity contribution in [3.63, 3.8) is 0 Å². The van der Waals surface area contributed by atoms with Crippen molar-refractivity contribution in [3.05, 3.63) is 29.3 Å². The Bertz CT molecular complexity index is 482. The van der Waals surface area contributed by atoms with Crippen LogP contribution in [0.4, 0.5) is 0 Å². The van der Waals surface area contributed by atoms with Crippen LogP contribution in [0.5, 0.6) is 5.75 Å². The predicted octanol–water partition coefficient (Wildman–Crippen LogP) is 2.78. The van der Waals surface area contributed by atoms with E-state index in [1.165, 1.54) is 5.56 Å². The zero-order valence-electron chi connectivity index (χ0n) is 15.0. The number of ether oxygens (including phenoxy) is 1. The third-order valence-corrected chi connectivity index (χ3v) is 4.25. The lowest BCUT2D eigenvalue weighted by molar-refractivity contribution is 0.105. The van der Waals surface area contributed by atoms with Gasteiger partial charge >= 0.3 is 0 Å². The zero-order chi connectivity index (χ0) is 16.8. The molecule has 2 N–H and O–H groups in total. The largest absolute Gasteiger partial charge is 0.493 e. The summed E-state index contributed by atoms with van der Waals surface area (Å²) in [6, 6.07) is 6.15. The van der Waals surface area contributed by atoms with Crippen LogP contribution in [0.1, 0.15) is 50.8 Å². The first-order valence-corrected chi connectivity index (χ1v) is 8.85. The van der Waals surface area contributed by atoms with E-state index >= 15 is 0 Å². The van der Waals surface area contributed by atoms with Gasteiger partial charge in [-0.05, 0) is 35.1 Å². The van der Waals surface area contributed by atoms with Gasteiger partial charge in [-0.15, -0.1) is 0 Å². The number of benzene rings is 1. The van der Waals surface area contributed by atoms with Gasteiger partial charge in [0.05, 0.1) is 12.7 Å². The summed E-state index contributed by atoms with van der Waals surface area (Å²) in [6.45, 7) is 14.1. The number of hydrogen-bond acceptors (Lipinski definition) is 4. The lowest BCUT2D eigenvalue weighted by Crippen LogP contribution is -2.44. The van der Waals surface area contributed by atoms with E-state index in [4.69, 9.17) is 4.74 Å². The second kappa shape index (κ2) is 8.67. The summed E-state index contributed by atoms with van der Waals surface area (Å²) in [6.07, 6.45) is -0.440. The molecule has 0 amide bonds. The number of nitrogens with one attached hydrogen (secondary N) is 1. The van der Waals surface area contributed by atoms with Crippen LogP contribution in [0.25, 0.3) is 0 Å². The fourth-order valence-corrected chi connectivity index (χ4v) is 2.86. The Morgan fingerprint density at radius 2 is 1.87 bits per heavy atom. The standard InChI is InChI=1S/C19H32N2O2/c1-14(2)13-23-19-6-5-16(11-17(19)15(3)4)18(22)12-21-9-7-20-8-10-21/h5-6,11,14-15,18,20,22H,7-10,12-13H2,1-4H3. The highest BCUT2D eigenvalue weighted by atomic mass is 16.5. The SMILES string of the molecule is CC(C)COc1ccc(C(O)CN2CCNCC2)cc1C(C)C. The normalized spacial score (nSPS) is 17.7. The van der Waals surface area contributed by atoms with Gasteiger partial charge in [0.2, 0.25) is 0 Å². The minimum Gasteiger partial charge on any atom is -0.493 e. The number of hydrogen-bond donors (Lipinski definition) is 2. The van der Waals surface area contributed by atoms with E-state index in [0.717, 1.165) is 44.1 Å². The van der Waals surface area contributed by atoms with Crippen LogP contribution in [0.3, 0.4) is 0 Å². The first-order chi connectivity index (χ1) is 11.0. The fraction of sp³-hybridized carbons (Fsp3) is 0.684. The van der Waals surface area contributed by atoms with E-state index in [-0.39, 0.29) is 0 Å². The third kappa shape index (κ3) is 5.48. The smallest absolute Gasteiger partial charge is 0.122 e. The molecule has 1 aromatic rings. The van der Waals surface area contributed by atoms with Crippen molar-refractivity contribution in [1.82, 2.24) is 10.2 Å². The number of rotatable bonds is 7. The summed E-state index contributed by atoms with van der Waals surface area (Å²) in [7, 11) is 0. The van der Waals surface area contributed by atoms with Crippen LogP contribution in [-0.4, -0.2) is 49.3 Å². The van der Waals surface area contributed by atoms with Gasteiger partial charge in [-0.2, -0.15) is 0 Å². The molecule has 130 valence electrons. The van der Waals surface area contributed by atoms with Crippen LogP contribution >= 0.6 is 0 Å². The molecule has 1 aliphatic heterocycles. The molecule has 1 aromatic carbocycles. The molecule has 2 rings (SSSR count). The number of aliphatic hydroxyl groups excluding tert-OH is 1. The van der Waals surface area contributed by atoms with Gasteiger partial charge in [0.15, 0.2) is 0 Å². The second-order valence-electron chi connectivity index (χ2n) is 7.22. The number of β-amino-alcohol motifs (C(OH)–C–C–N with tert-alkyl or cyclic N) is 1. The molecule has 0 saturated carbocycles. The number of aliphatic hydroxyl groups is 1. The Hall–Kier alpha value is -1.10. The van der Waals surface area contributed by atoms with E-state index in [2.05, 4.69) is 44.0 Å². The van der Waals surface area contributed by atoms with Crippen molar-refractivity contribution in [2.75, 3.05) is 39.3 Å². The monoisotopic (exact) mass is 320 g/mol. The zero-order valence-corrected chi connectivity index (χ0v) is 15.0. The summed E-state index contributed by atoms with van der Waals surface area (Å²) in [5.41, 5.74) is 2.17. The summed E-state index contributed by atoms with van der Waals surface area (Å²) in [5.74, 6) is 1.84. The number of piperazine rings is 1. The highest BCUT2D eigenvalue weighted by Crippen LogP contribution is 2.30. The molecular weight excluding hydrogens is 288 g/mol. The van der Waals surface area contributed by atoms with E-state index in [9.17, 15) is 5.11 Å². The molecule has 1 fully saturated rings. The fourth-order valence-electron chi connectivity index (χ4n) is 2.86. The summed E-state index contributed by atoms with van der Waals surface area (Å²) < 4.78 is 5.94. The molecule has 0 radical (unpaired) electrons. The van der Waals surface area contributed by atoms with Crippen molar-refractivity contribution < 1.29 is 9.84 Å². The predicted molar refractivity (Wildman–Crippen MR) is 95.1 cm³/mol. The maximum atomic E-state index is 10.6. The van der Waals surface area contributed by atoms with Crippen molar-refractivity contribution in [2.45, 2.75) is 39.7 Å². The summed E-state index contributed by atoms with van der Waals surface area (Å²) in [5, 5.41) is 13.9. The minimum absolute atomic E-state index is 0.378. The first-order valence-electron chi connectivity index (χ1n) is 8.85. The Kier molecular flexibility index (Phi) is 6.88. The molecule has 0 spiro atoms. The van der Waals surface area contributed by atoms with E-state index in [1.807, 2.05) is 12.1 Å². The Labute approximate surface area is 140 Å². The maximum absolute atomic E-state index is 10.6. The minimum atomic E-state index is -0.440. The van der Waals surface area contributed by atoms with Gasteiger partial charge in [0.25, 0.3) is 0 Å². The van der Waals surface area contributed by atoms with Gasteiger partial charge in [-0.25, -0.2) is 0 Å². The van der Waals surface area contributed by atoms with Gasteiger partial charge in [-0.1, -0.05) is 33.8 Å². The third-order valence-electron chi connectivity index (χ3n) is 4.25. The Balaban J connectivity index is 2.07. The van der Waals surface area contributed by atoms with Crippen LogP contribution in [0.2, 0.25) is 0 Å². The van der Waals surface area contributed by atoms with Crippen LogP contribution in [-0.2, 0) is 0 Å². The van der Waals surface area contributed by atoms with Crippen molar-refractivity contribution in [1.29, 1.82) is 0 Å². The van der Waals surface area contributed by atoms with Gasteiger partial charge < -0.3 is 15.2 Å². The van der Waals surface area contributed by atoms with Crippen molar-refractivity contribution in [2.24, 2.45) is 5.92 Å². The maximum Gasteiger partial charge on any atom is 0.122 e. The quantitative estimate of drug-likeness (QED) is 0.811. The summed E-state index contributed by atoms with van der Waals surface area (Å²) in [4.78, 5) is 2.32. The lowest BCUT2D eigenvalue weighted by Gasteiger charge is -2.29. The first kappa shape index (κ1) is 18.2. The molecule has 4 heteroatoms. The van der Waals surface area contributed by atoms with E-state index < -0.39 is 6.10 Å².